The molecule has 1 rings (SSSR count). The van der Waals surface area contributed by atoms with Crippen molar-refractivity contribution in [2.75, 3.05) is 13.7 Å². The van der Waals surface area contributed by atoms with Gasteiger partial charge in [-0.2, -0.15) is 0 Å². The van der Waals surface area contributed by atoms with Gasteiger partial charge in [0, 0.05) is 7.11 Å². The van der Waals surface area contributed by atoms with Gasteiger partial charge < -0.3 is 14.2 Å². The number of hydrogen-bond acceptors (Lipinski definition) is 9. The lowest BCUT2D eigenvalue weighted by atomic mass is 10.2. The second kappa shape index (κ2) is 8.34. The highest BCUT2D eigenvalue weighted by Crippen LogP contribution is 2.18. The molecule has 10 nitrogen and oxygen atoms in total. The Balaban J connectivity index is 2.70. The Morgan fingerprint density at radius 1 is 1.26 bits per heavy atom. The summed E-state index contributed by atoms with van der Waals surface area (Å²) in [5.41, 5.74) is -1.09. The van der Waals surface area contributed by atoms with Crippen LogP contribution in [0.15, 0.2) is 30.3 Å². The molecule has 0 aliphatic heterocycles. The molecule has 0 amide bonds. The summed E-state index contributed by atoms with van der Waals surface area (Å²) >= 11 is 0. The topological polar surface area (TPSA) is 146 Å². The molecule has 0 saturated carbocycles. The predicted molar refractivity (Wildman–Crippen MR) is 73.4 cm³/mol. The maximum Gasteiger partial charge on any atom is 0.521 e. The first kappa shape index (κ1) is 17.9. The van der Waals surface area contributed by atoms with E-state index in [2.05, 4.69) is 14.2 Å². The molecule has 10 heteroatoms. The number of benzene rings is 1. The van der Waals surface area contributed by atoms with E-state index in [-0.39, 0.29) is 5.56 Å². The van der Waals surface area contributed by atoms with Gasteiger partial charge in [-0.05, 0) is 12.1 Å². The van der Waals surface area contributed by atoms with Crippen molar-refractivity contribution in [1.29, 1.82) is 5.41 Å². The number of Topliss-reactive ketones (excluding diaryl/α,β-unsaturated/α-hetero) is 1. The number of nitrogens with one attached hydrogen (secondary N) is 1. The van der Waals surface area contributed by atoms with Gasteiger partial charge in [-0.3, -0.25) is 20.3 Å². The second-order valence-electron chi connectivity index (χ2n) is 4.04. The molecule has 0 bridgehead atoms. The van der Waals surface area contributed by atoms with Crippen molar-refractivity contribution in [2.24, 2.45) is 0 Å². The van der Waals surface area contributed by atoms with Crippen molar-refractivity contribution >= 4 is 23.6 Å². The van der Waals surface area contributed by atoms with Crippen LogP contribution in [0, 0.1) is 15.5 Å². The summed E-state index contributed by atoms with van der Waals surface area (Å²) in [6.45, 7) is -0.551. The lowest BCUT2D eigenvalue weighted by molar-refractivity contribution is -0.575. The summed E-state index contributed by atoms with van der Waals surface area (Å²) < 4.78 is 12.9. The minimum absolute atomic E-state index is 0.0486. The van der Waals surface area contributed by atoms with Gasteiger partial charge in [-0.1, -0.05) is 18.2 Å². The van der Waals surface area contributed by atoms with Crippen molar-refractivity contribution in [1.82, 2.24) is 0 Å². The van der Waals surface area contributed by atoms with Gasteiger partial charge in [-0.25, -0.2) is 9.59 Å². The summed E-state index contributed by atoms with van der Waals surface area (Å²) in [7, 11) is 1.17. The number of nitro groups is 1. The zero-order valence-electron chi connectivity index (χ0n) is 11.9. The zero-order chi connectivity index (χ0) is 17.4. The van der Waals surface area contributed by atoms with Crippen LogP contribution >= 0.6 is 0 Å². The fourth-order valence-electron chi connectivity index (χ4n) is 1.41. The molecule has 1 aromatic rings. The van der Waals surface area contributed by atoms with E-state index in [0.29, 0.717) is 0 Å². The van der Waals surface area contributed by atoms with Gasteiger partial charge in [0.2, 0.25) is 5.78 Å². The van der Waals surface area contributed by atoms with Crippen LogP contribution in [0.3, 0.4) is 0 Å². The lowest BCUT2D eigenvalue weighted by Gasteiger charge is -2.10. The van der Waals surface area contributed by atoms with Crippen LogP contribution in [0.1, 0.15) is 11.8 Å². The van der Waals surface area contributed by atoms with E-state index in [1.54, 1.807) is 6.07 Å². The number of ketones is 1. The molecule has 1 unspecified atom stereocenters. The quantitative estimate of drug-likeness (QED) is 0.194. The number of nitrogens with zero attached hydrogens (tertiary/aromatic N) is 1. The summed E-state index contributed by atoms with van der Waals surface area (Å²) in [6.07, 6.45) is -3.59. The van der Waals surface area contributed by atoms with Crippen LogP contribution in [0.25, 0.3) is 0 Å². The van der Waals surface area contributed by atoms with Crippen molar-refractivity contribution in [3.63, 3.8) is 0 Å². The van der Waals surface area contributed by atoms with Gasteiger partial charge in [-0.15, -0.1) is 0 Å². The monoisotopic (exact) mass is 324 g/mol. The summed E-state index contributed by atoms with van der Waals surface area (Å²) in [5, 5.41) is 18.1. The molecule has 1 aromatic carbocycles. The average Bonchev–Trinajstić information content (AvgIpc) is 2.52. The van der Waals surface area contributed by atoms with E-state index < -0.39 is 41.4 Å². The normalized spacial score (nSPS) is 11.2. The maximum absolute atomic E-state index is 11.4. The third kappa shape index (κ3) is 5.28. The molecule has 23 heavy (non-hydrogen) atoms. The number of carbonyl (C=O) groups is 3. The van der Waals surface area contributed by atoms with E-state index in [1.807, 2.05) is 0 Å². The molecular weight excluding hydrogens is 312 g/mol. The minimum Gasteiger partial charge on any atom is -0.376 e. The van der Waals surface area contributed by atoms with Crippen molar-refractivity contribution in [2.45, 2.75) is 6.23 Å². The molecule has 0 radical (unpaired) electrons. The Hall–Kier alpha value is -3.14. The van der Waals surface area contributed by atoms with E-state index in [0.717, 1.165) is 0 Å². The zero-order valence-corrected chi connectivity index (χ0v) is 11.9. The maximum atomic E-state index is 11.4. The molecule has 0 aromatic heterocycles. The van der Waals surface area contributed by atoms with Gasteiger partial charge in [0.05, 0.1) is 10.5 Å². The number of ether oxygens (including phenoxy) is 3. The van der Waals surface area contributed by atoms with Gasteiger partial charge in [0.15, 0.2) is 5.71 Å². The van der Waals surface area contributed by atoms with Crippen molar-refractivity contribution in [3.05, 3.63) is 46.0 Å². The molecule has 1 atom stereocenters. The number of hydrogen-bond donors (Lipinski definition) is 1. The third-order valence-electron chi connectivity index (χ3n) is 2.42. The smallest absolute Gasteiger partial charge is 0.376 e. The first-order chi connectivity index (χ1) is 10.9. The summed E-state index contributed by atoms with van der Waals surface area (Å²) in [5.74, 6) is -2.61. The Labute approximate surface area is 129 Å². The molecule has 0 fully saturated rings. The highest BCUT2D eigenvalue weighted by Gasteiger charge is 2.30. The Kier molecular flexibility index (Phi) is 6.49. The van der Waals surface area contributed by atoms with Crippen LogP contribution in [-0.4, -0.2) is 42.3 Å². The minimum atomic E-state index is -1.89. The number of methoxy groups -OCH3 is 1. The molecule has 0 heterocycles. The SMILES string of the molecule is COCC(=O)C(=N)C(=O)OC(=O)OC(c1ccccc1)[N+](=O)[O-]. The van der Waals surface area contributed by atoms with Crippen molar-refractivity contribution in [3.8, 4) is 0 Å². The molecular formula is C13H12N2O8. The molecule has 0 saturated heterocycles. The van der Waals surface area contributed by atoms with Crippen LogP contribution in [0.4, 0.5) is 4.79 Å². The Morgan fingerprint density at radius 3 is 2.39 bits per heavy atom. The third-order valence-corrected chi connectivity index (χ3v) is 2.42. The van der Waals surface area contributed by atoms with Crippen LogP contribution in [0.2, 0.25) is 0 Å². The lowest BCUT2D eigenvalue weighted by Crippen LogP contribution is -2.31. The molecule has 1 N–H and O–H groups in total. The van der Waals surface area contributed by atoms with Crippen LogP contribution in [-0.2, 0) is 23.8 Å². The number of esters is 1. The highest BCUT2D eigenvalue weighted by atomic mass is 16.8. The summed E-state index contributed by atoms with van der Waals surface area (Å²) in [6, 6.07) is 7.26. The van der Waals surface area contributed by atoms with Gasteiger partial charge >= 0.3 is 18.4 Å². The van der Waals surface area contributed by atoms with Crippen LogP contribution < -0.4 is 0 Å². The van der Waals surface area contributed by atoms with Gasteiger partial charge in [0.1, 0.15) is 6.61 Å². The largest absolute Gasteiger partial charge is 0.521 e. The van der Waals surface area contributed by atoms with Gasteiger partial charge in [0.25, 0.3) is 0 Å². The molecule has 0 aliphatic carbocycles. The standard InChI is InChI=1S/C13H12N2O8/c1-21-7-9(16)10(14)12(17)23-13(18)22-11(15(19)20)8-5-3-2-4-6-8/h2-6,11,14H,7H2,1H3. The number of rotatable bonds is 7. The summed E-state index contributed by atoms with van der Waals surface area (Å²) in [4.78, 5) is 44.0. The first-order valence-electron chi connectivity index (χ1n) is 6.08. The molecule has 0 spiro atoms. The van der Waals surface area contributed by atoms with Crippen molar-refractivity contribution < 1.29 is 33.5 Å². The second-order valence-corrected chi connectivity index (χ2v) is 4.04. The fraction of sp³-hybridized carbons (Fsp3) is 0.231. The van der Waals surface area contributed by atoms with E-state index in [9.17, 15) is 24.5 Å². The fourth-order valence-corrected chi connectivity index (χ4v) is 1.41. The first-order valence-corrected chi connectivity index (χ1v) is 6.08. The highest BCUT2D eigenvalue weighted by molar-refractivity contribution is 6.64. The number of carbonyl (C=O) groups excluding carboxylic acids is 3. The Bertz CT molecular complexity index is 628. The molecule has 0 aliphatic rings. The molecule has 122 valence electrons. The Morgan fingerprint density at radius 2 is 1.87 bits per heavy atom. The van der Waals surface area contributed by atoms with E-state index >= 15 is 0 Å². The average molecular weight is 324 g/mol. The van der Waals surface area contributed by atoms with Crippen LogP contribution in [0.5, 0.6) is 0 Å². The van der Waals surface area contributed by atoms with E-state index in [1.165, 1.54) is 31.4 Å². The van der Waals surface area contributed by atoms with E-state index in [4.69, 9.17) is 5.41 Å². The predicted octanol–water partition coefficient (Wildman–Crippen LogP) is 0.877.